The molecular formula is C39H42N4O5. The minimum absolute atomic E-state index is 0.127. The number of hydrogen-bond acceptors (Lipinski definition) is 5. The molecule has 2 aliphatic heterocycles. The van der Waals surface area contributed by atoms with Crippen LogP contribution < -0.4 is 10.1 Å². The first-order chi connectivity index (χ1) is 23.3. The number of carbonyl (C=O) groups excluding carboxylic acids is 4. The maximum absolute atomic E-state index is 14.5. The quantitative estimate of drug-likeness (QED) is 0.167. The first kappa shape index (κ1) is 32.7. The van der Waals surface area contributed by atoms with Gasteiger partial charge < -0.3 is 24.8 Å². The number of ether oxygens (including phenoxy) is 1. The summed E-state index contributed by atoms with van der Waals surface area (Å²) in [5, 5.41) is 5.18. The average Bonchev–Trinajstić information content (AvgIpc) is 3.11. The van der Waals surface area contributed by atoms with E-state index < -0.39 is 18.2 Å². The van der Waals surface area contributed by atoms with Crippen LogP contribution in [0.3, 0.4) is 0 Å². The molecular weight excluding hydrogens is 604 g/mol. The molecule has 0 aliphatic carbocycles. The third kappa shape index (κ3) is 7.05. The highest BCUT2D eigenvalue weighted by atomic mass is 16.5. The van der Waals surface area contributed by atoms with Crippen molar-refractivity contribution in [2.75, 3.05) is 6.54 Å². The normalized spacial score (nSPS) is 19.3. The lowest BCUT2D eigenvalue weighted by atomic mass is 9.93. The SMILES string of the molecule is CCCCC(=O)Oc1ccc(C[C@H]2C(=O)N(Cc3cccc4ccccc34)[C@@H](C)C3N(C(=O)NCc4ccccc4)CCC(=O)N32)cc1. The Labute approximate surface area is 281 Å². The molecule has 4 aromatic carbocycles. The van der Waals surface area contributed by atoms with Gasteiger partial charge in [-0.25, -0.2) is 4.79 Å². The molecule has 0 radical (unpaired) electrons. The number of hydrogen-bond donors (Lipinski definition) is 1. The van der Waals surface area contributed by atoms with Gasteiger partial charge in [0.05, 0.1) is 6.04 Å². The van der Waals surface area contributed by atoms with E-state index in [0.717, 1.165) is 40.3 Å². The van der Waals surface area contributed by atoms with Gasteiger partial charge in [-0.2, -0.15) is 0 Å². The molecule has 2 aliphatic rings. The predicted molar refractivity (Wildman–Crippen MR) is 184 cm³/mol. The number of carbonyl (C=O) groups is 4. The highest BCUT2D eigenvalue weighted by Crippen LogP contribution is 2.34. The van der Waals surface area contributed by atoms with E-state index >= 15 is 0 Å². The molecule has 2 heterocycles. The number of benzene rings is 4. The second-order valence-electron chi connectivity index (χ2n) is 12.6. The Bertz CT molecular complexity index is 1770. The monoisotopic (exact) mass is 646 g/mol. The third-order valence-electron chi connectivity index (χ3n) is 9.37. The van der Waals surface area contributed by atoms with Crippen molar-refractivity contribution in [2.24, 2.45) is 0 Å². The zero-order chi connectivity index (χ0) is 33.6. The fourth-order valence-corrected chi connectivity index (χ4v) is 6.84. The van der Waals surface area contributed by atoms with Gasteiger partial charge in [-0.05, 0) is 52.9 Å². The molecule has 4 amide bonds. The second-order valence-corrected chi connectivity index (χ2v) is 12.6. The van der Waals surface area contributed by atoms with E-state index in [2.05, 4.69) is 11.4 Å². The Balaban J connectivity index is 1.30. The number of rotatable bonds is 10. The molecule has 0 aromatic heterocycles. The summed E-state index contributed by atoms with van der Waals surface area (Å²) < 4.78 is 5.48. The number of nitrogens with zero attached hydrogens (tertiary/aromatic N) is 3. The molecule has 3 atom stereocenters. The molecule has 9 nitrogen and oxygen atoms in total. The topological polar surface area (TPSA) is 99.3 Å². The molecule has 6 rings (SSSR count). The summed E-state index contributed by atoms with van der Waals surface area (Å²) in [6.07, 6.45) is 1.75. The molecule has 248 valence electrons. The molecule has 1 N–H and O–H groups in total. The number of urea groups is 1. The van der Waals surface area contributed by atoms with Crippen molar-refractivity contribution < 1.29 is 23.9 Å². The molecule has 9 heteroatoms. The lowest BCUT2D eigenvalue weighted by Gasteiger charge is -2.55. The van der Waals surface area contributed by atoms with Gasteiger partial charge in [0.1, 0.15) is 18.0 Å². The van der Waals surface area contributed by atoms with Crippen LogP contribution in [0.15, 0.2) is 97.1 Å². The van der Waals surface area contributed by atoms with Crippen LogP contribution in [0.25, 0.3) is 10.8 Å². The van der Waals surface area contributed by atoms with Gasteiger partial charge in [0, 0.05) is 38.9 Å². The molecule has 2 saturated heterocycles. The van der Waals surface area contributed by atoms with Crippen molar-refractivity contribution >= 4 is 34.6 Å². The molecule has 0 spiro atoms. The molecule has 0 bridgehead atoms. The van der Waals surface area contributed by atoms with Crippen molar-refractivity contribution in [1.82, 2.24) is 20.0 Å². The fraction of sp³-hybridized carbons (Fsp3) is 0.333. The van der Waals surface area contributed by atoms with Gasteiger partial charge in [-0.15, -0.1) is 0 Å². The Morgan fingerprint density at radius 3 is 2.38 bits per heavy atom. The number of esters is 1. The number of amides is 4. The van der Waals surface area contributed by atoms with Gasteiger partial charge in [0.2, 0.25) is 11.8 Å². The van der Waals surface area contributed by atoms with E-state index in [1.54, 1.807) is 21.9 Å². The van der Waals surface area contributed by atoms with Gasteiger partial charge in [0.25, 0.3) is 0 Å². The van der Waals surface area contributed by atoms with Gasteiger partial charge >= 0.3 is 12.0 Å². The number of nitrogens with one attached hydrogen (secondary N) is 1. The summed E-state index contributed by atoms with van der Waals surface area (Å²) in [6.45, 7) is 4.89. The van der Waals surface area contributed by atoms with E-state index in [0.29, 0.717) is 25.3 Å². The van der Waals surface area contributed by atoms with Crippen LogP contribution in [-0.2, 0) is 33.9 Å². The van der Waals surface area contributed by atoms with Crippen LogP contribution in [0.1, 0.15) is 56.2 Å². The summed E-state index contributed by atoms with van der Waals surface area (Å²) >= 11 is 0. The summed E-state index contributed by atoms with van der Waals surface area (Å²) in [6, 6.07) is 29.4. The Hall–Kier alpha value is -5.18. The van der Waals surface area contributed by atoms with Gasteiger partial charge in [-0.1, -0.05) is 98.3 Å². The van der Waals surface area contributed by atoms with Crippen LogP contribution in [-0.4, -0.2) is 63.3 Å². The fourth-order valence-electron chi connectivity index (χ4n) is 6.84. The zero-order valence-corrected chi connectivity index (χ0v) is 27.5. The Kier molecular flexibility index (Phi) is 10.0. The summed E-state index contributed by atoms with van der Waals surface area (Å²) in [7, 11) is 0. The largest absolute Gasteiger partial charge is 0.427 e. The maximum atomic E-state index is 14.5. The number of piperazine rings is 1. The van der Waals surface area contributed by atoms with Gasteiger partial charge in [-0.3, -0.25) is 14.4 Å². The van der Waals surface area contributed by atoms with Crippen LogP contribution in [0.4, 0.5) is 4.79 Å². The molecule has 0 saturated carbocycles. The standard InChI is InChI=1S/C39H42N4O5/c1-3-4-17-36(45)48-32-20-18-28(19-21-32)24-34-38(46)42(26-31-15-10-14-30-13-8-9-16-33(30)31)27(2)37-41(23-22-35(44)43(34)37)39(47)40-25-29-11-6-5-7-12-29/h5-16,18-21,27,34,37H,3-4,17,22-26H2,1-2H3,(H,40,47)/t27-,34-,37?/m0/s1. The predicted octanol–water partition coefficient (Wildman–Crippen LogP) is 6.05. The number of fused-ring (bicyclic) bond motifs is 2. The molecule has 2 fully saturated rings. The van der Waals surface area contributed by atoms with Crippen molar-refractivity contribution in [3.63, 3.8) is 0 Å². The minimum atomic E-state index is -0.823. The van der Waals surface area contributed by atoms with Crippen LogP contribution in [0.2, 0.25) is 0 Å². The smallest absolute Gasteiger partial charge is 0.319 e. The number of unbranched alkanes of at least 4 members (excludes halogenated alkanes) is 1. The Morgan fingerprint density at radius 1 is 0.875 bits per heavy atom. The lowest BCUT2D eigenvalue weighted by Crippen LogP contribution is -2.75. The van der Waals surface area contributed by atoms with Crippen molar-refractivity contribution in [2.45, 2.75) is 77.3 Å². The summed E-state index contributed by atoms with van der Waals surface area (Å²) in [5.74, 6) is -0.156. The Morgan fingerprint density at radius 2 is 1.60 bits per heavy atom. The van der Waals surface area contributed by atoms with Crippen molar-refractivity contribution in [1.29, 1.82) is 0 Å². The first-order valence-corrected chi connectivity index (χ1v) is 16.8. The van der Waals surface area contributed by atoms with E-state index in [-0.39, 0.29) is 43.2 Å². The highest BCUT2D eigenvalue weighted by Gasteiger charge is 2.52. The molecule has 48 heavy (non-hydrogen) atoms. The van der Waals surface area contributed by atoms with Gasteiger partial charge in [0.15, 0.2) is 0 Å². The van der Waals surface area contributed by atoms with Crippen molar-refractivity contribution in [3.05, 3.63) is 114 Å². The lowest BCUT2D eigenvalue weighted by molar-refractivity contribution is -0.173. The van der Waals surface area contributed by atoms with Crippen molar-refractivity contribution in [3.8, 4) is 5.75 Å². The summed E-state index contributed by atoms with van der Waals surface area (Å²) in [5.41, 5.74) is 2.79. The zero-order valence-electron chi connectivity index (χ0n) is 27.5. The first-order valence-electron chi connectivity index (χ1n) is 16.8. The molecule has 1 unspecified atom stereocenters. The van der Waals surface area contributed by atoms with E-state index in [9.17, 15) is 19.2 Å². The van der Waals surface area contributed by atoms with E-state index in [4.69, 9.17) is 4.74 Å². The maximum Gasteiger partial charge on any atom is 0.319 e. The van der Waals surface area contributed by atoms with Crippen LogP contribution in [0.5, 0.6) is 5.75 Å². The average molecular weight is 647 g/mol. The molecule has 4 aromatic rings. The second kappa shape index (κ2) is 14.7. The van der Waals surface area contributed by atoms with E-state index in [1.165, 1.54) is 0 Å². The van der Waals surface area contributed by atoms with Crippen LogP contribution >= 0.6 is 0 Å². The minimum Gasteiger partial charge on any atom is -0.427 e. The van der Waals surface area contributed by atoms with E-state index in [1.807, 2.05) is 97.6 Å². The third-order valence-corrected chi connectivity index (χ3v) is 9.37. The summed E-state index contributed by atoms with van der Waals surface area (Å²) in [4.78, 5) is 59.4. The highest BCUT2D eigenvalue weighted by molar-refractivity contribution is 5.92. The van der Waals surface area contributed by atoms with Crippen LogP contribution in [0, 0.1) is 0 Å².